The van der Waals surface area contributed by atoms with Gasteiger partial charge in [0.25, 0.3) is 8.32 Å². The van der Waals surface area contributed by atoms with E-state index in [4.69, 9.17) is 14.1 Å². The number of nitrogens with zero attached hydrogens (tertiary/aromatic N) is 2. The van der Waals surface area contributed by atoms with Crippen molar-refractivity contribution >= 4 is 36.2 Å². The normalized spacial score (nSPS) is 14.8. The fraction of sp³-hybridized carbons (Fsp3) is 0.282. The maximum Gasteiger partial charge on any atom is 0.261 e. The van der Waals surface area contributed by atoms with E-state index in [-0.39, 0.29) is 11.1 Å². The Bertz CT molecular complexity index is 1640. The van der Waals surface area contributed by atoms with Gasteiger partial charge < -0.3 is 14.5 Å². The molecule has 0 unspecified atom stereocenters. The van der Waals surface area contributed by atoms with Crippen LogP contribution in [0.25, 0.3) is 22.6 Å². The van der Waals surface area contributed by atoms with Crippen LogP contribution in [0.1, 0.15) is 62.5 Å². The molecule has 2 heterocycles. The minimum atomic E-state index is -2.65. The van der Waals surface area contributed by atoms with Crippen LogP contribution in [0.5, 0.6) is 0 Å². The molecular weight excluding hydrogens is 571 g/mol. The van der Waals surface area contributed by atoms with E-state index in [1.165, 1.54) is 21.5 Å². The predicted molar refractivity (Wildman–Crippen MR) is 192 cm³/mol. The third-order valence-electron chi connectivity index (χ3n) is 8.57. The van der Waals surface area contributed by atoms with Gasteiger partial charge in [0.1, 0.15) is 11.5 Å². The van der Waals surface area contributed by atoms with Crippen LogP contribution >= 0.6 is 0 Å². The number of aromatic nitrogens is 1. The van der Waals surface area contributed by atoms with Gasteiger partial charge in [-0.05, 0) is 63.2 Å². The number of rotatable bonds is 12. The molecule has 4 aromatic rings. The standard InChI is InChI=1S/C39H45N3O2Si/c1-8-43-29(3)36-25-32-27-41-35(37(32)38(42-36)31-17-15-16-30(24-31)28(2)26-40-7)22-23-44-45(39(4,5)6,33-18-11-9-12-19-33)34-20-13-10-14-21-34/h9-21,24-26,35,41H,2-3,8,22-23,27H2,1,4-7H3/b40-26-/t35-/m1/s1. The van der Waals surface area contributed by atoms with Gasteiger partial charge in [-0.25, -0.2) is 4.98 Å². The third kappa shape index (κ3) is 6.64. The molecule has 232 valence electrons. The zero-order valence-corrected chi connectivity index (χ0v) is 28.3. The summed E-state index contributed by atoms with van der Waals surface area (Å²) < 4.78 is 13.1. The molecule has 0 aliphatic carbocycles. The number of pyridine rings is 1. The molecule has 6 heteroatoms. The van der Waals surface area contributed by atoms with Gasteiger partial charge >= 0.3 is 0 Å². The minimum Gasteiger partial charge on any atom is -0.492 e. The van der Waals surface area contributed by atoms with E-state index in [0.717, 1.165) is 41.1 Å². The number of allylic oxidation sites excluding steroid dienone is 1. The molecule has 5 rings (SSSR count). The molecule has 1 aromatic heterocycles. The van der Waals surface area contributed by atoms with E-state index < -0.39 is 8.32 Å². The number of ether oxygens (including phenoxy) is 1. The Labute approximate surface area is 269 Å². The number of hydrogen-bond acceptors (Lipinski definition) is 5. The van der Waals surface area contributed by atoms with Crippen LogP contribution in [-0.4, -0.2) is 39.8 Å². The monoisotopic (exact) mass is 615 g/mol. The number of nitrogens with one attached hydrogen (secondary N) is 1. The maximum atomic E-state index is 7.28. The van der Waals surface area contributed by atoms with Crippen molar-refractivity contribution < 1.29 is 9.16 Å². The summed E-state index contributed by atoms with van der Waals surface area (Å²) in [6, 6.07) is 32.2. The van der Waals surface area contributed by atoms with Crippen molar-refractivity contribution in [3.05, 3.63) is 127 Å². The summed E-state index contributed by atoms with van der Waals surface area (Å²) in [5.41, 5.74) is 7.02. The lowest BCUT2D eigenvalue weighted by molar-refractivity contribution is 0.274. The summed E-state index contributed by atoms with van der Waals surface area (Å²) in [4.78, 5) is 9.33. The molecule has 0 radical (unpaired) electrons. The summed E-state index contributed by atoms with van der Waals surface area (Å²) in [6.07, 6.45) is 2.60. The third-order valence-corrected chi connectivity index (χ3v) is 13.6. The topological polar surface area (TPSA) is 55.7 Å². The first-order chi connectivity index (χ1) is 21.7. The highest BCUT2D eigenvalue weighted by molar-refractivity contribution is 6.99. The quantitative estimate of drug-likeness (QED) is 0.101. The lowest BCUT2D eigenvalue weighted by Gasteiger charge is -2.43. The van der Waals surface area contributed by atoms with E-state index in [2.05, 4.69) is 135 Å². The van der Waals surface area contributed by atoms with Crippen LogP contribution in [0.2, 0.25) is 5.04 Å². The second kappa shape index (κ2) is 13.9. The highest BCUT2D eigenvalue weighted by atomic mass is 28.4. The molecule has 1 aliphatic heterocycles. The van der Waals surface area contributed by atoms with Gasteiger partial charge in [0.15, 0.2) is 0 Å². The van der Waals surface area contributed by atoms with Gasteiger partial charge in [-0.2, -0.15) is 0 Å². The Kier molecular flexibility index (Phi) is 9.98. The van der Waals surface area contributed by atoms with Crippen molar-refractivity contribution in [3.8, 4) is 11.3 Å². The minimum absolute atomic E-state index is 0.0808. The highest BCUT2D eigenvalue weighted by Crippen LogP contribution is 2.40. The van der Waals surface area contributed by atoms with Crippen LogP contribution in [0.15, 0.2) is 109 Å². The molecule has 0 bridgehead atoms. The van der Waals surface area contributed by atoms with E-state index in [9.17, 15) is 0 Å². The molecule has 1 N–H and O–H groups in total. The zero-order chi connectivity index (χ0) is 32.0. The molecule has 0 fully saturated rings. The van der Waals surface area contributed by atoms with Crippen molar-refractivity contribution in [2.75, 3.05) is 20.3 Å². The Balaban J connectivity index is 1.52. The van der Waals surface area contributed by atoms with E-state index in [1.807, 2.05) is 6.92 Å². The van der Waals surface area contributed by atoms with Crippen LogP contribution in [0.3, 0.4) is 0 Å². The first-order valence-corrected chi connectivity index (χ1v) is 17.7. The number of fused-ring (bicyclic) bond motifs is 1. The average molecular weight is 616 g/mol. The molecule has 0 saturated carbocycles. The van der Waals surface area contributed by atoms with Crippen LogP contribution in [-0.2, 0) is 15.7 Å². The van der Waals surface area contributed by atoms with Crippen molar-refractivity contribution in [2.24, 2.45) is 4.99 Å². The Morgan fingerprint density at radius 3 is 2.24 bits per heavy atom. The summed E-state index contributed by atoms with van der Waals surface area (Å²) >= 11 is 0. The van der Waals surface area contributed by atoms with Crippen molar-refractivity contribution in [2.45, 2.75) is 51.7 Å². The van der Waals surface area contributed by atoms with E-state index >= 15 is 0 Å². The lowest BCUT2D eigenvalue weighted by Crippen LogP contribution is -2.66. The van der Waals surface area contributed by atoms with Crippen molar-refractivity contribution in [3.63, 3.8) is 0 Å². The fourth-order valence-corrected chi connectivity index (χ4v) is 11.1. The Hall–Kier alpha value is -4.10. The summed E-state index contributed by atoms with van der Waals surface area (Å²) in [6.45, 7) is 19.2. The largest absolute Gasteiger partial charge is 0.492 e. The molecule has 1 atom stereocenters. The lowest BCUT2D eigenvalue weighted by atomic mass is 9.94. The second-order valence-corrected chi connectivity index (χ2v) is 16.8. The Morgan fingerprint density at radius 1 is 0.978 bits per heavy atom. The van der Waals surface area contributed by atoms with Gasteiger partial charge in [0.2, 0.25) is 0 Å². The van der Waals surface area contributed by atoms with Gasteiger partial charge in [-0.1, -0.05) is 113 Å². The molecule has 1 aliphatic rings. The van der Waals surface area contributed by atoms with Crippen molar-refractivity contribution in [1.82, 2.24) is 10.3 Å². The molecule has 45 heavy (non-hydrogen) atoms. The molecular formula is C39H45N3O2Si. The first kappa shape index (κ1) is 32.3. The summed E-state index contributed by atoms with van der Waals surface area (Å²) in [5, 5.41) is 6.28. The number of hydrogen-bond donors (Lipinski definition) is 1. The smallest absolute Gasteiger partial charge is 0.261 e. The van der Waals surface area contributed by atoms with Gasteiger partial charge in [0.05, 0.1) is 12.3 Å². The van der Waals surface area contributed by atoms with Crippen LogP contribution < -0.4 is 15.7 Å². The Morgan fingerprint density at radius 2 is 1.64 bits per heavy atom. The summed E-state index contributed by atoms with van der Waals surface area (Å²) in [7, 11) is -0.884. The maximum absolute atomic E-state index is 7.28. The molecule has 3 aromatic carbocycles. The number of benzene rings is 3. The van der Waals surface area contributed by atoms with Crippen LogP contribution in [0, 0.1) is 0 Å². The zero-order valence-electron chi connectivity index (χ0n) is 27.3. The summed E-state index contributed by atoms with van der Waals surface area (Å²) in [5.74, 6) is 0.582. The predicted octanol–water partition coefficient (Wildman–Crippen LogP) is 7.58. The van der Waals surface area contributed by atoms with Crippen molar-refractivity contribution in [1.29, 1.82) is 0 Å². The van der Waals surface area contributed by atoms with E-state index in [1.54, 1.807) is 13.3 Å². The SMILES string of the molecule is C=C(/C=N\C)c1cccc(-c2nc(C(=C)OCC)cc3c2[C@@H](CCO[Si](c2ccccc2)(c2ccccc2)C(C)(C)C)NC3)c1. The highest BCUT2D eigenvalue weighted by Gasteiger charge is 2.50. The van der Waals surface area contributed by atoms with E-state index in [0.29, 0.717) is 19.0 Å². The number of aliphatic imine (C=N–C) groups is 1. The fourth-order valence-electron chi connectivity index (χ4n) is 6.52. The molecule has 5 nitrogen and oxygen atoms in total. The second-order valence-electron chi connectivity index (χ2n) is 12.5. The van der Waals surface area contributed by atoms with Gasteiger partial charge in [-0.3, -0.25) is 4.99 Å². The van der Waals surface area contributed by atoms with Gasteiger partial charge in [0, 0.05) is 38.0 Å². The van der Waals surface area contributed by atoms with Gasteiger partial charge in [-0.15, -0.1) is 0 Å². The molecule has 0 saturated heterocycles. The molecule has 0 spiro atoms. The van der Waals surface area contributed by atoms with Crippen LogP contribution in [0.4, 0.5) is 0 Å². The molecule has 0 amide bonds. The average Bonchev–Trinajstić information content (AvgIpc) is 3.46. The first-order valence-electron chi connectivity index (χ1n) is 15.8.